The first-order valence-electron chi connectivity index (χ1n) is 4.47. The van der Waals surface area contributed by atoms with Crippen LogP contribution in [0.3, 0.4) is 0 Å². The van der Waals surface area contributed by atoms with E-state index < -0.39 is 0 Å². The summed E-state index contributed by atoms with van der Waals surface area (Å²) < 4.78 is 5.50. The highest BCUT2D eigenvalue weighted by atomic mass is 16.5. The Labute approximate surface area is 77.3 Å². The van der Waals surface area contributed by atoms with E-state index in [1.54, 1.807) is 12.1 Å². The van der Waals surface area contributed by atoms with Crippen molar-refractivity contribution in [1.82, 2.24) is 5.32 Å². The van der Waals surface area contributed by atoms with Gasteiger partial charge in [-0.1, -0.05) is 12.1 Å². The average Bonchev–Trinajstić information content (AvgIpc) is 2.19. The van der Waals surface area contributed by atoms with Crippen LogP contribution in [0.5, 0.6) is 5.75 Å². The Hall–Kier alpha value is -1.06. The van der Waals surface area contributed by atoms with Crippen LogP contribution < -0.4 is 5.32 Å². The number of phenolic OH excluding ortho intramolecular Hbond substituents is 1. The Morgan fingerprint density at radius 1 is 1.46 bits per heavy atom. The van der Waals surface area contributed by atoms with Gasteiger partial charge in [-0.15, -0.1) is 0 Å². The number of aromatic hydroxyl groups is 1. The molecule has 0 bridgehead atoms. The van der Waals surface area contributed by atoms with Crippen molar-refractivity contribution in [3.8, 4) is 5.75 Å². The summed E-state index contributed by atoms with van der Waals surface area (Å²) in [4.78, 5) is 0. The molecule has 0 radical (unpaired) electrons. The highest BCUT2D eigenvalue weighted by Crippen LogP contribution is 2.25. The summed E-state index contributed by atoms with van der Waals surface area (Å²) >= 11 is 0. The van der Waals surface area contributed by atoms with Gasteiger partial charge in [0.2, 0.25) is 0 Å². The molecular weight excluding hydrogens is 166 g/mol. The molecule has 1 aromatic rings. The number of ether oxygens (including phenoxy) is 1. The normalized spacial score (nSPS) is 22.9. The van der Waals surface area contributed by atoms with Crippen molar-refractivity contribution in [3.05, 3.63) is 29.8 Å². The van der Waals surface area contributed by atoms with Gasteiger partial charge in [-0.2, -0.15) is 0 Å². The fourth-order valence-electron chi connectivity index (χ4n) is 1.54. The fraction of sp³-hybridized carbons (Fsp3) is 0.400. The van der Waals surface area contributed by atoms with Gasteiger partial charge >= 0.3 is 0 Å². The molecule has 1 atom stereocenters. The lowest BCUT2D eigenvalue weighted by molar-refractivity contribution is 0.00598. The first-order chi connectivity index (χ1) is 6.36. The van der Waals surface area contributed by atoms with Crippen molar-refractivity contribution in [2.75, 3.05) is 13.3 Å². The molecular formula is C10H13NO2. The van der Waals surface area contributed by atoms with Crippen molar-refractivity contribution in [3.63, 3.8) is 0 Å². The van der Waals surface area contributed by atoms with Crippen LogP contribution in [0.25, 0.3) is 0 Å². The summed E-state index contributed by atoms with van der Waals surface area (Å²) in [7, 11) is 0. The van der Waals surface area contributed by atoms with E-state index in [2.05, 4.69) is 5.32 Å². The van der Waals surface area contributed by atoms with Gasteiger partial charge in [-0.3, -0.25) is 5.32 Å². The molecule has 1 aromatic carbocycles. The summed E-state index contributed by atoms with van der Waals surface area (Å²) in [5.74, 6) is 0.305. The summed E-state index contributed by atoms with van der Waals surface area (Å²) in [6.45, 7) is 1.57. The van der Waals surface area contributed by atoms with Crippen LogP contribution >= 0.6 is 0 Å². The summed E-state index contributed by atoms with van der Waals surface area (Å²) in [5, 5.41) is 12.4. The van der Waals surface area contributed by atoms with Crippen LogP contribution in [0, 0.1) is 0 Å². The lowest BCUT2D eigenvalue weighted by Crippen LogP contribution is -2.28. The number of phenols is 1. The summed E-state index contributed by atoms with van der Waals surface area (Å²) in [6.07, 6.45) is 1.09. The van der Waals surface area contributed by atoms with E-state index in [4.69, 9.17) is 4.74 Å². The van der Waals surface area contributed by atoms with Crippen LogP contribution in [0.2, 0.25) is 0 Å². The molecule has 70 valence electrons. The standard InChI is InChI=1S/C10H13NO2/c12-9-3-1-2-8(6-9)10-4-5-11-7-13-10/h1-3,6,10-12H,4-5,7H2. The first kappa shape index (κ1) is 8.53. The van der Waals surface area contributed by atoms with E-state index in [0.29, 0.717) is 12.5 Å². The van der Waals surface area contributed by atoms with Gasteiger partial charge in [-0.05, 0) is 24.1 Å². The van der Waals surface area contributed by atoms with Crippen molar-refractivity contribution in [2.45, 2.75) is 12.5 Å². The minimum Gasteiger partial charge on any atom is -0.508 e. The zero-order chi connectivity index (χ0) is 9.10. The molecule has 1 heterocycles. The third-order valence-electron chi connectivity index (χ3n) is 2.21. The van der Waals surface area contributed by atoms with Gasteiger partial charge in [0.25, 0.3) is 0 Å². The molecule has 2 N–H and O–H groups in total. The Morgan fingerprint density at radius 3 is 3.08 bits per heavy atom. The molecule has 1 unspecified atom stereocenters. The second-order valence-corrected chi connectivity index (χ2v) is 3.18. The van der Waals surface area contributed by atoms with Crippen molar-refractivity contribution in [1.29, 1.82) is 0 Å². The SMILES string of the molecule is Oc1cccc(C2CCNCO2)c1. The lowest BCUT2D eigenvalue weighted by atomic mass is 10.1. The minimum atomic E-state index is 0.133. The summed E-state index contributed by atoms with van der Waals surface area (Å²) in [5.41, 5.74) is 1.06. The van der Waals surface area contributed by atoms with E-state index >= 15 is 0 Å². The van der Waals surface area contributed by atoms with Crippen LogP contribution in [0.1, 0.15) is 18.1 Å². The number of benzene rings is 1. The zero-order valence-electron chi connectivity index (χ0n) is 7.36. The number of nitrogens with one attached hydrogen (secondary N) is 1. The van der Waals surface area contributed by atoms with Crippen molar-refractivity contribution < 1.29 is 9.84 Å². The van der Waals surface area contributed by atoms with Gasteiger partial charge < -0.3 is 9.84 Å². The van der Waals surface area contributed by atoms with Crippen LogP contribution in [-0.4, -0.2) is 18.4 Å². The molecule has 2 rings (SSSR count). The Kier molecular flexibility index (Phi) is 2.47. The predicted octanol–water partition coefficient (Wildman–Crippen LogP) is 1.40. The maximum Gasteiger partial charge on any atom is 0.115 e. The monoisotopic (exact) mass is 179 g/mol. The lowest BCUT2D eigenvalue weighted by Gasteiger charge is -2.23. The van der Waals surface area contributed by atoms with Gasteiger partial charge in [-0.25, -0.2) is 0 Å². The number of rotatable bonds is 1. The minimum absolute atomic E-state index is 0.133. The molecule has 0 amide bonds. The topological polar surface area (TPSA) is 41.5 Å². The van der Waals surface area contributed by atoms with Crippen molar-refractivity contribution >= 4 is 0 Å². The molecule has 0 aromatic heterocycles. The average molecular weight is 179 g/mol. The summed E-state index contributed by atoms with van der Waals surface area (Å²) in [6, 6.07) is 7.26. The predicted molar refractivity (Wildman–Crippen MR) is 49.4 cm³/mol. The van der Waals surface area contributed by atoms with E-state index in [0.717, 1.165) is 18.5 Å². The Morgan fingerprint density at radius 2 is 2.38 bits per heavy atom. The Balaban J connectivity index is 2.14. The van der Waals surface area contributed by atoms with E-state index in [1.807, 2.05) is 12.1 Å². The third-order valence-corrected chi connectivity index (χ3v) is 2.21. The maximum atomic E-state index is 9.27. The Bertz CT molecular complexity index is 282. The van der Waals surface area contributed by atoms with E-state index in [9.17, 15) is 5.11 Å². The molecule has 3 nitrogen and oxygen atoms in total. The second kappa shape index (κ2) is 3.77. The molecule has 0 saturated carbocycles. The molecule has 1 aliphatic heterocycles. The third kappa shape index (κ3) is 1.99. The molecule has 0 aliphatic carbocycles. The van der Waals surface area contributed by atoms with E-state index in [1.165, 1.54) is 0 Å². The largest absolute Gasteiger partial charge is 0.508 e. The number of hydrogen-bond acceptors (Lipinski definition) is 3. The zero-order valence-corrected chi connectivity index (χ0v) is 7.36. The van der Waals surface area contributed by atoms with Crippen LogP contribution in [0.15, 0.2) is 24.3 Å². The van der Waals surface area contributed by atoms with Gasteiger partial charge in [0, 0.05) is 6.54 Å². The molecule has 13 heavy (non-hydrogen) atoms. The fourth-order valence-corrected chi connectivity index (χ4v) is 1.54. The van der Waals surface area contributed by atoms with Gasteiger partial charge in [0.1, 0.15) is 5.75 Å². The maximum absolute atomic E-state index is 9.27. The van der Waals surface area contributed by atoms with Gasteiger partial charge in [0.15, 0.2) is 0 Å². The highest BCUT2D eigenvalue weighted by Gasteiger charge is 2.15. The van der Waals surface area contributed by atoms with Crippen LogP contribution in [-0.2, 0) is 4.74 Å². The first-order valence-corrected chi connectivity index (χ1v) is 4.47. The molecule has 0 spiro atoms. The van der Waals surface area contributed by atoms with E-state index in [-0.39, 0.29) is 6.10 Å². The molecule has 3 heteroatoms. The van der Waals surface area contributed by atoms with Gasteiger partial charge in [0.05, 0.1) is 12.8 Å². The molecule has 1 fully saturated rings. The number of hydrogen-bond donors (Lipinski definition) is 2. The quantitative estimate of drug-likeness (QED) is 0.684. The van der Waals surface area contributed by atoms with Crippen molar-refractivity contribution in [2.24, 2.45) is 0 Å². The second-order valence-electron chi connectivity index (χ2n) is 3.18. The highest BCUT2D eigenvalue weighted by molar-refractivity contribution is 5.28. The molecule has 1 saturated heterocycles. The smallest absolute Gasteiger partial charge is 0.115 e. The van der Waals surface area contributed by atoms with Crippen LogP contribution in [0.4, 0.5) is 0 Å². The molecule has 1 aliphatic rings.